The van der Waals surface area contributed by atoms with Gasteiger partial charge in [0.2, 0.25) is 10.0 Å². The predicted octanol–water partition coefficient (Wildman–Crippen LogP) is -0.494. The van der Waals surface area contributed by atoms with Gasteiger partial charge in [0.05, 0.1) is 11.3 Å². The molecule has 18 heavy (non-hydrogen) atoms. The van der Waals surface area contributed by atoms with E-state index in [1.807, 2.05) is 0 Å². The summed E-state index contributed by atoms with van der Waals surface area (Å²) < 4.78 is 21.3. The summed E-state index contributed by atoms with van der Waals surface area (Å²) >= 11 is 0. The Labute approximate surface area is 104 Å². The minimum Gasteiger partial charge on any atom is -0.504 e. The first-order valence-electron chi connectivity index (χ1n) is 5.11. The van der Waals surface area contributed by atoms with Crippen LogP contribution in [0.25, 0.3) is 0 Å². The maximum Gasteiger partial charge on any atom is 0.255 e. The summed E-state index contributed by atoms with van der Waals surface area (Å²) in [6.07, 6.45) is 0.171. The normalized spacial score (nSPS) is 11.2. The van der Waals surface area contributed by atoms with E-state index in [0.717, 1.165) is 0 Å². The van der Waals surface area contributed by atoms with Crippen LogP contribution in [0.3, 0.4) is 0 Å². The number of phenolic OH excluding ortho intramolecular Hbond substituents is 2. The Kier molecular flexibility index (Phi) is 4.51. The summed E-state index contributed by atoms with van der Waals surface area (Å²) in [6, 6.07) is 3.99. The Morgan fingerprint density at radius 2 is 2.00 bits per heavy atom. The van der Waals surface area contributed by atoms with Crippen LogP contribution in [-0.4, -0.2) is 36.8 Å². The number of carbonyl (C=O) groups is 1. The smallest absolute Gasteiger partial charge is 0.255 e. The van der Waals surface area contributed by atoms with Gasteiger partial charge >= 0.3 is 0 Å². The van der Waals surface area contributed by atoms with Gasteiger partial charge in [-0.2, -0.15) is 0 Å². The molecule has 1 aromatic carbocycles. The van der Waals surface area contributed by atoms with Gasteiger partial charge in [0.25, 0.3) is 5.91 Å². The first-order chi connectivity index (χ1) is 8.31. The third-order valence-electron chi connectivity index (χ3n) is 2.15. The number of nitrogens with one attached hydrogen (secondary N) is 1. The van der Waals surface area contributed by atoms with Gasteiger partial charge in [0.1, 0.15) is 0 Å². The lowest BCUT2D eigenvalue weighted by Gasteiger charge is -2.07. The molecule has 0 aromatic heterocycles. The number of primary sulfonamides is 1. The highest BCUT2D eigenvalue weighted by atomic mass is 32.2. The molecular formula is C10H14N2O5S. The third-order valence-corrected chi connectivity index (χ3v) is 3.01. The average Bonchev–Trinajstić information content (AvgIpc) is 2.26. The highest BCUT2D eigenvalue weighted by molar-refractivity contribution is 7.89. The summed E-state index contributed by atoms with van der Waals surface area (Å²) in [7, 11) is -3.54. The van der Waals surface area contributed by atoms with Gasteiger partial charge in [0.15, 0.2) is 11.5 Å². The molecule has 1 rings (SSSR count). The number of rotatable bonds is 5. The van der Waals surface area contributed by atoms with Crippen LogP contribution in [0.4, 0.5) is 0 Å². The Balaban J connectivity index is 2.54. The fraction of sp³-hybridized carbons (Fsp3) is 0.300. The van der Waals surface area contributed by atoms with Crippen molar-refractivity contribution in [3.63, 3.8) is 0 Å². The lowest BCUT2D eigenvalue weighted by atomic mass is 10.1. The van der Waals surface area contributed by atoms with Gasteiger partial charge in [-0.05, 0) is 18.6 Å². The van der Waals surface area contributed by atoms with Gasteiger partial charge < -0.3 is 15.5 Å². The van der Waals surface area contributed by atoms with Crippen LogP contribution in [-0.2, 0) is 10.0 Å². The maximum absolute atomic E-state index is 11.6. The van der Waals surface area contributed by atoms with Crippen molar-refractivity contribution in [3.8, 4) is 11.5 Å². The lowest BCUT2D eigenvalue weighted by molar-refractivity contribution is 0.0950. The summed E-state index contributed by atoms with van der Waals surface area (Å²) in [4.78, 5) is 11.6. The molecule has 8 heteroatoms. The number of nitrogens with two attached hydrogens (primary N) is 1. The Hall–Kier alpha value is -1.80. The second-order valence-corrected chi connectivity index (χ2v) is 5.38. The maximum atomic E-state index is 11.6. The Morgan fingerprint density at radius 1 is 1.33 bits per heavy atom. The fourth-order valence-electron chi connectivity index (χ4n) is 1.29. The van der Waals surface area contributed by atoms with Crippen LogP contribution in [0.1, 0.15) is 16.8 Å². The monoisotopic (exact) mass is 274 g/mol. The summed E-state index contributed by atoms with van der Waals surface area (Å²) in [6.45, 7) is 0.102. The molecule has 0 heterocycles. The number of phenols is 2. The van der Waals surface area contributed by atoms with Crippen molar-refractivity contribution in [1.29, 1.82) is 0 Å². The van der Waals surface area contributed by atoms with E-state index in [4.69, 9.17) is 5.14 Å². The SMILES string of the molecule is NS(=O)(=O)CCCNC(=O)c1cccc(O)c1O. The minimum atomic E-state index is -3.54. The van der Waals surface area contributed by atoms with E-state index in [0.29, 0.717) is 0 Å². The van der Waals surface area contributed by atoms with Crippen molar-refractivity contribution in [1.82, 2.24) is 5.32 Å². The molecule has 1 aromatic rings. The number of carbonyl (C=O) groups excluding carboxylic acids is 1. The molecule has 0 aliphatic rings. The van der Waals surface area contributed by atoms with Crippen LogP contribution in [0.5, 0.6) is 11.5 Å². The van der Waals surface area contributed by atoms with E-state index in [9.17, 15) is 23.4 Å². The highest BCUT2D eigenvalue weighted by Gasteiger charge is 2.13. The molecule has 100 valence electrons. The number of amides is 1. The molecule has 0 radical (unpaired) electrons. The molecule has 0 saturated heterocycles. The quantitative estimate of drug-likeness (QED) is 0.425. The Bertz CT molecular complexity index is 541. The van der Waals surface area contributed by atoms with Crippen LogP contribution in [0.2, 0.25) is 0 Å². The van der Waals surface area contributed by atoms with Gasteiger partial charge in [-0.1, -0.05) is 6.07 Å². The van der Waals surface area contributed by atoms with Crippen molar-refractivity contribution in [2.45, 2.75) is 6.42 Å². The second-order valence-electron chi connectivity index (χ2n) is 3.65. The first-order valence-corrected chi connectivity index (χ1v) is 6.82. The zero-order valence-electron chi connectivity index (χ0n) is 9.46. The second kappa shape index (κ2) is 5.69. The molecule has 1 amide bonds. The predicted molar refractivity (Wildman–Crippen MR) is 64.7 cm³/mol. The van der Waals surface area contributed by atoms with Crippen molar-refractivity contribution < 1.29 is 23.4 Å². The molecule has 0 aliphatic carbocycles. The van der Waals surface area contributed by atoms with Crippen LogP contribution in [0, 0.1) is 0 Å². The van der Waals surface area contributed by atoms with Gasteiger partial charge in [-0.3, -0.25) is 4.79 Å². The third kappa shape index (κ3) is 4.22. The first kappa shape index (κ1) is 14.3. The van der Waals surface area contributed by atoms with E-state index in [1.54, 1.807) is 0 Å². The number of aromatic hydroxyl groups is 2. The summed E-state index contributed by atoms with van der Waals surface area (Å²) in [5.41, 5.74) is -0.0781. The summed E-state index contributed by atoms with van der Waals surface area (Å²) in [5, 5.41) is 25.8. The number of hydrogen-bond acceptors (Lipinski definition) is 5. The van der Waals surface area contributed by atoms with Gasteiger partial charge in [-0.25, -0.2) is 13.6 Å². The van der Waals surface area contributed by atoms with Crippen LogP contribution >= 0.6 is 0 Å². The van der Waals surface area contributed by atoms with E-state index in [-0.39, 0.29) is 24.3 Å². The van der Waals surface area contributed by atoms with Crippen molar-refractivity contribution in [3.05, 3.63) is 23.8 Å². The Morgan fingerprint density at radius 3 is 2.61 bits per heavy atom. The highest BCUT2D eigenvalue weighted by Crippen LogP contribution is 2.27. The molecule has 5 N–H and O–H groups in total. The number of hydrogen-bond donors (Lipinski definition) is 4. The van der Waals surface area contributed by atoms with Crippen molar-refractivity contribution in [2.75, 3.05) is 12.3 Å². The summed E-state index contributed by atoms with van der Waals surface area (Å²) in [5.74, 6) is -1.74. The largest absolute Gasteiger partial charge is 0.504 e. The van der Waals surface area contributed by atoms with Crippen LogP contribution in [0.15, 0.2) is 18.2 Å². The van der Waals surface area contributed by atoms with Crippen LogP contribution < -0.4 is 10.5 Å². The van der Waals surface area contributed by atoms with E-state index in [2.05, 4.69) is 5.32 Å². The number of para-hydroxylation sites is 1. The lowest BCUT2D eigenvalue weighted by Crippen LogP contribution is -2.27. The molecular weight excluding hydrogens is 260 g/mol. The molecule has 0 unspecified atom stereocenters. The zero-order chi connectivity index (χ0) is 13.8. The molecule has 0 aliphatic heterocycles. The fourth-order valence-corrected chi connectivity index (χ4v) is 1.83. The molecule has 0 spiro atoms. The topological polar surface area (TPSA) is 130 Å². The molecule has 0 atom stereocenters. The standard InChI is InChI=1S/C10H14N2O5S/c11-18(16,17)6-2-5-12-10(15)7-3-1-4-8(13)9(7)14/h1,3-4,13-14H,2,5-6H2,(H,12,15)(H2,11,16,17). The molecule has 0 fully saturated rings. The van der Waals surface area contributed by atoms with E-state index >= 15 is 0 Å². The van der Waals surface area contributed by atoms with Crippen molar-refractivity contribution >= 4 is 15.9 Å². The van der Waals surface area contributed by atoms with E-state index in [1.165, 1.54) is 18.2 Å². The van der Waals surface area contributed by atoms with Crippen molar-refractivity contribution in [2.24, 2.45) is 5.14 Å². The van der Waals surface area contributed by atoms with Gasteiger partial charge in [-0.15, -0.1) is 0 Å². The van der Waals surface area contributed by atoms with Gasteiger partial charge in [0, 0.05) is 6.54 Å². The minimum absolute atomic E-state index is 0.0781. The number of benzene rings is 1. The molecule has 7 nitrogen and oxygen atoms in total. The van der Waals surface area contributed by atoms with E-state index < -0.39 is 27.4 Å². The average molecular weight is 274 g/mol. The molecule has 0 bridgehead atoms. The zero-order valence-corrected chi connectivity index (χ0v) is 10.3. The number of sulfonamides is 1. The molecule has 0 saturated carbocycles.